The third kappa shape index (κ3) is 5.80. The summed E-state index contributed by atoms with van der Waals surface area (Å²) in [4.78, 5) is 27.7. The number of carbonyl (C=O) groups is 2. The van der Waals surface area contributed by atoms with Crippen molar-refractivity contribution in [3.63, 3.8) is 0 Å². The van der Waals surface area contributed by atoms with Crippen molar-refractivity contribution in [2.75, 3.05) is 18.5 Å². The van der Waals surface area contributed by atoms with Crippen molar-refractivity contribution >= 4 is 40.7 Å². The maximum Gasteiger partial charge on any atom is 0.237 e. The van der Waals surface area contributed by atoms with E-state index in [2.05, 4.69) is 16.0 Å². The highest BCUT2D eigenvalue weighted by molar-refractivity contribution is 6.31. The Morgan fingerprint density at radius 1 is 1.18 bits per heavy atom. The van der Waals surface area contributed by atoms with Crippen molar-refractivity contribution in [3.05, 3.63) is 63.4 Å². The van der Waals surface area contributed by atoms with Crippen LogP contribution in [0.5, 0.6) is 0 Å². The minimum atomic E-state index is -1.43. The first-order valence-electron chi connectivity index (χ1n) is 12.8. The van der Waals surface area contributed by atoms with Crippen molar-refractivity contribution in [1.82, 2.24) is 10.6 Å². The average molecular weight is 583 g/mol. The summed E-state index contributed by atoms with van der Waals surface area (Å²) < 4.78 is 14.9. The predicted molar refractivity (Wildman–Crippen MR) is 147 cm³/mol. The number of hydrogen-bond acceptors (Lipinski definition) is 6. The zero-order valence-corrected chi connectivity index (χ0v) is 23.5. The van der Waals surface area contributed by atoms with Crippen LogP contribution in [-0.4, -0.2) is 64.6 Å². The van der Waals surface area contributed by atoms with Gasteiger partial charge in [0.25, 0.3) is 0 Å². The summed E-state index contributed by atoms with van der Waals surface area (Å²) >= 11 is 12.3. The predicted octanol–water partition coefficient (Wildman–Crippen LogP) is 2.79. The Kier molecular flexibility index (Phi) is 8.61. The van der Waals surface area contributed by atoms with Gasteiger partial charge in [-0.3, -0.25) is 9.59 Å². The zero-order chi connectivity index (χ0) is 28.7. The topological polar surface area (TPSA) is 131 Å². The summed E-state index contributed by atoms with van der Waals surface area (Å²) in [6, 6.07) is 8.30. The van der Waals surface area contributed by atoms with Gasteiger partial charge in [-0.05, 0) is 53.6 Å². The third-order valence-corrected chi connectivity index (χ3v) is 8.13. The van der Waals surface area contributed by atoms with E-state index in [0.29, 0.717) is 22.7 Å². The van der Waals surface area contributed by atoms with Crippen LogP contribution in [0, 0.1) is 17.2 Å². The number of aliphatic hydroxyl groups excluding tert-OH is 3. The molecule has 1 saturated heterocycles. The van der Waals surface area contributed by atoms with Crippen molar-refractivity contribution in [3.8, 4) is 0 Å². The summed E-state index contributed by atoms with van der Waals surface area (Å²) in [5.41, 5.74) is 0.00230. The summed E-state index contributed by atoms with van der Waals surface area (Å²) in [6.45, 7) is 5.07. The van der Waals surface area contributed by atoms with Crippen LogP contribution in [0.3, 0.4) is 0 Å². The summed E-state index contributed by atoms with van der Waals surface area (Å²) in [5.74, 6) is -2.22. The molecule has 39 heavy (non-hydrogen) atoms. The van der Waals surface area contributed by atoms with Crippen LogP contribution in [-0.2, 0) is 21.4 Å². The second kappa shape index (κ2) is 11.3. The molecule has 212 valence electrons. The van der Waals surface area contributed by atoms with E-state index in [4.69, 9.17) is 28.3 Å². The molecule has 11 heteroatoms. The smallest absolute Gasteiger partial charge is 0.237 e. The molecule has 2 aromatic carbocycles. The number of hydrogen-bond donors (Lipinski definition) is 6. The molecule has 0 radical (unpaired) electrons. The number of benzene rings is 2. The third-order valence-electron chi connectivity index (χ3n) is 7.61. The van der Waals surface area contributed by atoms with Gasteiger partial charge in [-0.25, -0.2) is 4.39 Å². The van der Waals surface area contributed by atoms with Gasteiger partial charge in [0.2, 0.25) is 11.8 Å². The van der Waals surface area contributed by atoms with Gasteiger partial charge >= 0.3 is 0 Å². The molecule has 0 unspecified atom stereocenters. The Bertz CT molecular complexity index is 1260. The van der Waals surface area contributed by atoms with Gasteiger partial charge in [0.05, 0.1) is 29.2 Å². The van der Waals surface area contributed by atoms with E-state index in [-0.39, 0.29) is 29.3 Å². The lowest BCUT2D eigenvalue weighted by molar-refractivity contribution is -0.126. The van der Waals surface area contributed by atoms with Crippen molar-refractivity contribution < 1.29 is 29.3 Å². The lowest BCUT2D eigenvalue weighted by Crippen LogP contribution is -2.51. The molecule has 6 N–H and O–H groups in total. The van der Waals surface area contributed by atoms with Crippen LogP contribution >= 0.6 is 23.2 Å². The molecule has 2 aliphatic heterocycles. The lowest BCUT2D eigenvalue weighted by Gasteiger charge is -2.37. The van der Waals surface area contributed by atoms with Gasteiger partial charge in [-0.1, -0.05) is 56.1 Å². The Hall–Kier alpha value is -2.27. The normalized spacial score (nSPS) is 25.9. The van der Waals surface area contributed by atoms with E-state index in [0.717, 1.165) is 5.56 Å². The Morgan fingerprint density at radius 2 is 1.90 bits per heavy atom. The lowest BCUT2D eigenvalue weighted by atomic mass is 9.63. The van der Waals surface area contributed by atoms with E-state index in [1.165, 1.54) is 12.1 Å². The van der Waals surface area contributed by atoms with E-state index < -0.39 is 54.0 Å². The summed E-state index contributed by atoms with van der Waals surface area (Å²) in [5, 5.41) is 38.2. The van der Waals surface area contributed by atoms with E-state index in [1.54, 1.807) is 18.2 Å². The second-order valence-corrected chi connectivity index (χ2v) is 12.4. The Balaban J connectivity index is 1.84. The maximum absolute atomic E-state index is 14.9. The fourth-order valence-corrected chi connectivity index (χ4v) is 6.28. The number of fused-ring (bicyclic) bond motifs is 2. The van der Waals surface area contributed by atoms with Gasteiger partial charge in [-0.15, -0.1) is 0 Å². The first-order valence-corrected chi connectivity index (χ1v) is 13.6. The highest BCUT2D eigenvalue weighted by Gasteiger charge is 2.65. The number of halogens is 3. The molecule has 6 atom stereocenters. The quantitative estimate of drug-likeness (QED) is 0.284. The SMILES string of the molecule is CC(C)(C)C[C@H]1N[C@@H](C(=O)NC[C@H](O)[C@H](O)CO)[C@H](Cc2cccc(Cl)c2)[C@@]12C(=O)Nc1cc(Cl)c(F)cc12. The number of aliphatic hydroxyl groups is 3. The van der Waals surface area contributed by atoms with Crippen molar-refractivity contribution in [2.45, 2.75) is 63.3 Å². The average Bonchev–Trinajstić information content (AvgIpc) is 3.31. The van der Waals surface area contributed by atoms with Gasteiger partial charge < -0.3 is 31.3 Å². The van der Waals surface area contributed by atoms with Crippen LogP contribution in [0.1, 0.15) is 38.3 Å². The Morgan fingerprint density at radius 3 is 2.54 bits per heavy atom. The molecule has 0 aliphatic carbocycles. The number of amides is 2. The van der Waals surface area contributed by atoms with Crippen LogP contribution in [0.4, 0.5) is 10.1 Å². The van der Waals surface area contributed by atoms with Crippen LogP contribution in [0.2, 0.25) is 10.0 Å². The number of anilines is 1. The number of rotatable bonds is 8. The van der Waals surface area contributed by atoms with Crippen LogP contribution in [0.25, 0.3) is 0 Å². The molecule has 4 rings (SSSR count). The minimum absolute atomic E-state index is 0.124. The molecular weight excluding hydrogens is 548 g/mol. The van der Waals surface area contributed by atoms with Gasteiger partial charge in [-0.2, -0.15) is 0 Å². The molecule has 1 fully saturated rings. The maximum atomic E-state index is 14.9. The molecule has 0 saturated carbocycles. The molecule has 8 nitrogen and oxygen atoms in total. The molecular formula is C28H34Cl2FN3O5. The Labute approximate surface area is 236 Å². The summed E-state index contributed by atoms with van der Waals surface area (Å²) in [7, 11) is 0. The molecule has 2 heterocycles. The zero-order valence-electron chi connectivity index (χ0n) is 22.0. The molecule has 0 aromatic heterocycles. The molecule has 1 spiro atoms. The first kappa shape index (κ1) is 29.7. The monoisotopic (exact) mass is 581 g/mol. The fraction of sp³-hybridized carbons (Fsp3) is 0.500. The van der Waals surface area contributed by atoms with E-state index in [1.807, 2.05) is 26.8 Å². The van der Waals surface area contributed by atoms with Gasteiger partial charge in [0, 0.05) is 29.2 Å². The fourth-order valence-electron chi connectivity index (χ4n) is 5.90. The molecule has 0 bridgehead atoms. The van der Waals surface area contributed by atoms with E-state index in [9.17, 15) is 24.2 Å². The standard InChI is InChI=1S/C28H34Cl2FN3O5/c1-27(2,3)11-23-28(16-9-19(31)18(30)10-20(16)33-26(28)39)17(8-14-5-4-6-15(29)7-14)24(34-23)25(38)32-12-21(36)22(37)13-35/h4-7,9-10,17,21-24,34-37H,8,11-13H2,1-3H3,(H,32,38)(H,33,39)/t17-,21-,22+,23+,24+,28+/m0/s1. The highest BCUT2D eigenvalue weighted by atomic mass is 35.5. The van der Waals surface area contributed by atoms with Crippen LogP contribution in [0.15, 0.2) is 36.4 Å². The van der Waals surface area contributed by atoms with Crippen molar-refractivity contribution in [2.24, 2.45) is 11.3 Å². The van der Waals surface area contributed by atoms with Gasteiger partial charge in [0.1, 0.15) is 11.9 Å². The second-order valence-electron chi connectivity index (χ2n) is 11.6. The van der Waals surface area contributed by atoms with Crippen LogP contribution < -0.4 is 16.0 Å². The number of nitrogens with one attached hydrogen (secondary N) is 3. The largest absolute Gasteiger partial charge is 0.394 e. The minimum Gasteiger partial charge on any atom is -0.394 e. The van der Waals surface area contributed by atoms with E-state index >= 15 is 0 Å². The van der Waals surface area contributed by atoms with Crippen molar-refractivity contribution in [1.29, 1.82) is 0 Å². The highest BCUT2D eigenvalue weighted by Crippen LogP contribution is 2.54. The first-order chi connectivity index (χ1) is 18.3. The molecule has 2 aliphatic rings. The van der Waals surface area contributed by atoms with Gasteiger partial charge in [0.15, 0.2) is 0 Å². The molecule has 2 aromatic rings. The molecule has 2 amide bonds. The number of carbonyl (C=O) groups excluding carboxylic acids is 2. The summed E-state index contributed by atoms with van der Waals surface area (Å²) in [6.07, 6.45) is -2.08.